The first-order valence-electron chi connectivity index (χ1n) is 9.59. The molecule has 0 fully saturated rings. The van der Waals surface area contributed by atoms with Crippen molar-refractivity contribution in [3.05, 3.63) is 71.5 Å². The molecule has 1 aromatic carbocycles. The van der Waals surface area contributed by atoms with Gasteiger partial charge < -0.3 is 21.1 Å². The molecule has 2 aliphatic heterocycles. The van der Waals surface area contributed by atoms with Crippen LogP contribution in [0.2, 0.25) is 0 Å². The van der Waals surface area contributed by atoms with Crippen LogP contribution in [0.5, 0.6) is 0 Å². The second-order valence-electron chi connectivity index (χ2n) is 7.21. The number of nitrogens with one attached hydrogen (secondary N) is 1. The van der Waals surface area contributed by atoms with Crippen molar-refractivity contribution in [2.24, 2.45) is 10.7 Å². The number of amides is 2. The lowest BCUT2D eigenvalue weighted by molar-refractivity contribution is -0.611. The summed E-state index contributed by atoms with van der Waals surface area (Å²) in [6, 6.07) is 6.29. The van der Waals surface area contributed by atoms with Crippen LogP contribution in [0.1, 0.15) is 24.0 Å². The van der Waals surface area contributed by atoms with Crippen molar-refractivity contribution >= 4 is 36.0 Å². The topological polar surface area (TPSA) is 147 Å². The van der Waals surface area contributed by atoms with Gasteiger partial charge in [-0.15, -0.1) is 14.7 Å². The number of hydrogen-bond acceptors (Lipinski definition) is 8. The van der Waals surface area contributed by atoms with E-state index >= 15 is 0 Å². The van der Waals surface area contributed by atoms with E-state index in [1.165, 1.54) is 0 Å². The molecular formula is C20H21BN7O3+. The first-order chi connectivity index (χ1) is 14.8. The minimum atomic E-state index is -1.54. The largest absolute Gasteiger partial charge is 0.488 e. The predicted molar refractivity (Wildman–Crippen MR) is 116 cm³/mol. The maximum Gasteiger partial charge on any atom is 0.488 e. The van der Waals surface area contributed by atoms with Gasteiger partial charge in [0.1, 0.15) is 17.6 Å². The van der Waals surface area contributed by atoms with Crippen LogP contribution in [0.25, 0.3) is 5.70 Å². The molecule has 0 bridgehead atoms. The molecule has 3 heterocycles. The minimum absolute atomic E-state index is 0.239. The van der Waals surface area contributed by atoms with Crippen LogP contribution in [0, 0.1) is 6.92 Å². The van der Waals surface area contributed by atoms with Gasteiger partial charge >= 0.3 is 13.1 Å². The fourth-order valence-electron chi connectivity index (χ4n) is 3.61. The van der Waals surface area contributed by atoms with Crippen molar-refractivity contribution in [2.45, 2.75) is 20.4 Å². The summed E-state index contributed by atoms with van der Waals surface area (Å²) in [4.78, 5) is 21.6. The van der Waals surface area contributed by atoms with Crippen LogP contribution in [-0.2, 0) is 6.54 Å². The number of nitrogens with two attached hydrogens (primary N) is 1. The predicted octanol–water partition coefficient (Wildman–Crippen LogP) is 0.552. The van der Waals surface area contributed by atoms with Gasteiger partial charge in [0, 0.05) is 12.6 Å². The number of carbonyl (C=O) groups is 1. The van der Waals surface area contributed by atoms with E-state index in [9.17, 15) is 14.8 Å². The van der Waals surface area contributed by atoms with Crippen LogP contribution in [0.4, 0.5) is 10.6 Å². The molecule has 0 spiro atoms. The average molecular weight is 418 g/mol. The van der Waals surface area contributed by atoms with Gasteiger partial charge in [-0.05, 0) is 37.0 Å². The minimum Gasteiger partial charge on any atom is -0.423 e. The zero-order valence-electron chi connectivity index (χ0n) is 17.0. The van der Waals surface area contributed by atoms with Crippen LogP contribution in [0.15, 0.2) is 59.4 Å². The SMILES string of the molecule is CC1=C(c2nnc(C)c(NCc3cccc(B(O)O)c3)n2)[N+]2(C(N)=O)C=CC=CC2=N1. The third-order valence-electron chi connectivity index (χ3n) is 5.13. The van der Waals surface area contributed by atoms with Gasteiger partial charge in [-0.1, -0.05) is 24.3 Å². The number of aromatic nitrogens is 3. The second kappa shape index (κ2) is 7.87. The van der Waals surface area contributed by atoms with Gasteiger partial charge in [0.25, 0.3) is 0 Å². The molecule has 2 aliphatic rings. The Balaban J connectivity index is 1.66. The number of fused-ring (bicyclic) bond motifs is 1. The molecule has 0 radical (unpaired) electrons. The van der Waals surface area contributed by atoms with E-state index in [2.05, 4.69) is 25.5 Å². The summed E-state index contributed by atoms with van der Waals surface area (Å²) in [7, 11) is -1.54. The Morgan fingerprint density at radius 3 is 2.77 bits per heavy atom. The summed E-state index contributed by atoms with van der Waals surface area (Å²) in [6.45, 7) is 3.91. The van der Waals surface area contributed by atoms with Crippen LogP contribution >= 0.6 is 0 Å². The Morgan fingerprint density at radius 2 is 2.03 bits per heavy atom. The molecule has 11 heteroatoms. The third-order valence-corrected chi connectivity index (χ3v) is 5.13. The lowest BCUT2D eigenvalue weighted by Gasteiger charge is -2.27. The highest BCUT2D eigenvalue weighted by molar-refractivity contribution is 6.58. The Bertz CT molecular complexity index is 1190. The highest BCUT2D eigenvalue weighted by Gasteiger charge is 2.51. The number of urea groups is 1. The number of aryl methyl sites for hydroxylation is 1. The van der Waals surface area contributed by atoms with Gasteiger partial charge in [0.15, 0.2) is 5.82 Å². The van der Waals surface area contributed by atoms with Crippen LogP contribution in [0.3, 0.4) is 0 Å². The van der Waals surface area contributed by atoms with E-state index < -0.39 is 17.6 Å². The molecular weight excluding hydrogens is 397 g/mol. The summed E-state index contributed by atoms with van der Waals surface area (Å²) in [5, 5.41) is 30.3. The number of benzene rings is 1. The summed E-state index contributed by atoms with van der Waals surface area (Å²) < 4.78 is -0.400. The molecule has 2 amide bonds. The summed E-state index contributed by atoms with van der Waals surface area (Å²) in [6.07, 6.45) is 6.89. The molecule has 1 aromatic heterocycles. The molecule has 0 aliphatic carbocycles. The second-order valence-corrected chi connectivity index (χ2v) is 7.21. The van der Waals surface area contributed by atoms with Crippen molar-refractivity contribution in [3.63, 3.8) is 0 Å². The summed E-state index contributed by atoms with van der Waals surface area (Å²) >= 11 is 0. The van der Waals surface area contributed by atoms with E-state index in [1.54, 1.807) is 56.5 Å². The first kappa shape index (κ1) is 20.6. The van der Waals surface area contributed by atoms with E-state index in [0.717, 1.165) is 5.56 Å². The number of nitrogens with zero attached hydrogens (tertiary/aromatic N) is 5. The lowest BCUT2D eigenvalue weighted by atomic mass is 9.80. The zero-order chi connectivity index (χ0) is 22.2. The monoisotopic (exact) mass is 418 g/mol. The molecule has 0 saturated heterocycles. The van der Waals surface area contributed by atoms with Gasteiger partial charge in [0.05, 0.1) is 0 Å². The van der Waals surface area contributed by atoms with Crippen molar-refractivity contribution in [1.29, 1.82) is 0 Å². The van der Waals surface area contributed by atoms with Gasteiger partial charge in [-0.2, -0.15) is 4.99 Å². The van der Waals surface area contributed by atoms with Crippen molar-refractivity contribution < 1.29 is 19.3 Å². The highest BCUT2D eigenvalue weighted by atomic mass is 16.4. The number of allylic oxidation sites excluding steroid dienone is 3. The Morgan fingerprint density at radius 1 is 1.23 bits per heavy atom. The number of aliphatic imine (C=N–C) groups is 1. The van der Waals surface area contributed by atoms with Gasteiger partial charge in [-0.25, -0.2) is 9.78 Å². The van der Waals surface area contributed by atoms with E-state index in [-0.39, 0.29) is 5.82 Å². The molecule has 5 N–H and O–H groups in total. The fourth-order valence-corrected chi connectivity index (χ4v) is 3.61. The fraction of sp³-hybridized carbons (Fsp3) is 0.150. The normalized spacial score (nSPS) is 19.3. The molecule has 156 valence electrons. The Kier molecular flexibility index (Phi) is 5.23. The van der Waals surface area contributed by atoms with E-state index in [4.69, 9.17) is 5.73 Å². The smallest absolute Gasteiger partial charge is 0.423 e. The Hall–Kier alpha value is -3.67. The molecule has 10 nitrogen and oxygen atoms in total. The molecule has 1 unspecified atom stereocenters. The van der Waals surface area contributed by atoms with Crippen LogP contribution in [-0.4, -0.2) is 48.7 Å². The molecule has 0 saturated carbocycles. The van der Waals surface area contributed by atoms with E-state index in [1.807, 2.05) is 6.07 Å². The third kappa shape index (κ3) is 3.54. The standard InChI is InChI=1S/C20H20BN7O3/c1-12-17(28(20(22)29)9-4-3-8-16(28)24-12)19-25-18(13(2)26-27-19)23-11-14-6-5-7-15(10-14)21(30)31/h3-10,30-31H,11H2,1-2H3,(H2-,22,23,25,27,29)/p+1. The number of carbonyl (C=O) groups excluding carboxylic acids is 1. The number of quaternary nitrogens is 1. The first-order valence-corrected chi connectivity index (χ1v) is 9.59. The van der Waals surface area contributed by atoms with Gasteiger partial charge in [-0.3, -0.25) is 0 Å². The maximum absolute atomic E-state index is 12.5. The number of hydrogen-bond donors (Lipinski definition) is 4. The number of primary amides is 1. The van der Waals surface area contributed by atoms with Crippen molar-refractivity contribution in [2.75, 3.05) is 5.32 Å². The summed E-state index contributed by atoms with van der Waals surface area (Å²) in [5.41, 5.74) is 8.59. The summed E-state index contributed by atoms with van der Waals surface area (Å²) in [5.74, 6) is 1.19. The van der Waals surface area contributed by atoms with Crippen molar-refractivity contribution in [3.8, 4) is 0 Å². The molecule has 4 rings (SSSR count). The Labute approximate surface area is 178 Å². The molecule has 2 aromatic rings. The maximum atomic E-state index is 12.5. The highest BCUT2D eigenvalue weighted by Crippen LogP contribution is 2.38. The van der Waals surface area contributed by atoms with Gasteiger partial charge in [0.2, 0.25) is 17.4 Å². The number of amidine groups is 1. The zero-order valence-corrected chi connectivity index (χ0v) is 17.0. The van der Waals surface area contributed by atoms with E-state index in [0.29, 0.717) is 40.7 Å². The quantitative estimate of drug-likeness (QED) is 0.410. The lowest BCUT2D eigenvalue weighted by Crippen LogP contribution is -2.52. The number of anilines is 1. The molecule has 1 atom stereocenters. The van der Waals surface area contributed by atoms with Crippen LogP contribution < -0.4 is 16.5 Å². The average Bonchev–Trinajstić information content (AvgIpc) is 3.06. The van der Waals surface area contributed by atoms with Crippen molar-refractivity contribution in [1.82, 2.24) is 15.2 Å². The number of rotatable bonds is 5. The molecule has 31 heavy (non-hydrogen) atoms.